The van der Waals surface area contributed by atoms with Crippen molar-refractivity contribution in [3.63, 3.8) is 0 Å². The molecule has 0 N–H and O–H groups in total. The molecule has 59 heavy (non-hydrogen) atoms. The van der Waals surface area contributed by atoms with Gasteiger partial charge in [0.1, 0.15) is 0 Å². The van der Waals surface area contributed by atoms with Crippen molar-refractivity contribution in [2.45, 2.75) is 33.1 Å². The van der Waals surface area contributed by atoms with Crippen molar-refractivity contribution in [2.24, 2.45) is 0 Å². The van der Waals surface area contributed by atoms with Crippen LogP contribution in [-0.2, 0) is 5.41 Å². The van der Waals surface area contributed by atoms with Gasteiger partial charge in [0.15, 0.2) is 11.5 Å². The van der Waals surface area contributed by atoms with E-state index in [4.69, 9.17) is 4.74 Å². The maximum atomic E-state index is 6.76. The number of ether oxygens (including phenoxy) is 1. The SMILES string of the molecule is Cc1cc2c3c(c1)-n1c4cc(C(C)(C)C)ccc4c4c5c(-c6ccccc6)c6ccccc6c(-c6ccccc6)c5cc(c41)B3c1cccc3c1N2c1ccccc1O3. The van der Waals surface area contributed by atoms with E-state index < -0.39 is 0 Å². The van der Waals surface area contributed by atoms with Crippen LogP contribution >= 0.6 is 0 Å². The monoisotopic (exact) mass is 754 g/mol. The molecule has 0 unspecified atom stereocenters. The number of hydrogen-bond donors (Lipinski definition) is 0. The van der Waals surface area contributed by atoms with Gasteiger partial charge in [0.2, 0.25) is 0 Å². The summed E-state index contributed by atoms with van der Waals surface area (Å²) < 4.78 is 9.40. The highest BCUT2D eigenvalue weighted by Gasteiger charge is 2.45. The van der Waals surface area contributed by atoms with Gasteiger partial charge >= 0.3 is 0 Å². The van der Waals surface area contributed by atoms with Gasteiger partial charge in [-0.1, -0.05) is 148 Å². The van der Waals surface area contributed by atoms with Crippen LogP contribution in [0.3, 0.4) is 0 Å². The Morgan fingerprint density at radius 1 is 0.508 bits per heavy atom. The predicted molar refractivity (Wildman–Crippen MR) is 250 cm³/mol. The summed E-state index contributed by atoms with van der Waals surface area (Å²) in [5.74, 6) is 1.78. The van der Waals surface area contributed by atoms with E-state index in [0.29, 0.717) is 0 Å². The first kappa shape index (κ1) is 33.0. The summed E-state index contributed by atoms with van der Waals surface area (Å²) in [6.07, 6.45) is 0. The zero-order chi connectivity index (χ0) is 39.3. The average Bonchev–Trinajstić information content (AvgIpc) is 3.60. The van der Waals surface area contributed by atoms with E-state index in [2.05, 4.69) is 201 Å². The minimum atomic E-state index is -0.0300. The fourth-order valence-corrected chi connectivity index (χ4v) is 10.9. The lowest BCUT2D eigenvalue weighted by Gasteiger charge is -2.43. The summed E-state index contributed by atoms with van der Waals surface area (Å²) in [5, 5.41) is 7.71. The Morgan fingerprint density at radius 2 is 1.17 bits per heavy atom. The second-order valence-electron chi connectivity index (χ2n) is 17.7. The van der Waals surface area contributed by atoms with Gasteiger partial charge < -0.3 is 14.2 Å². The van der Waals surface area contributed by atoms with Crippen LogP contribution in [0.25, 0.3) is 71.3 Å². The number of aromatic nitrogens is 1. The summed E-state index contributed by atoms with van der Waals surface area (Å²) in [6.45, 7) is 9.21. The van der Waals surface area contributed by atoms with E-state index in [0.717, 1.165) is 22.9 Å². The molecule has 0 amide bonds. The number of aryl methyl sites for hydroxylation is 1. The first-order chi connectivity index (χ1) is 28.8. The Balaban J connectivity index is 1.31. The van der Waals surface area contributed by atoms with Crippen molar-refractivity contribution < 1.29 is 4.74 Å². The van der Waals surface area contributed by atoms with Crippen LogP contribution in [0, 0.1) is 6.92 Å². The van der Waals surface area contributed by atoms with Crippen molar-refractivity contribution in [3.05, 3.63) is 175 Å². The van der Waals surface area contributed by atoms with Crippen molar-refractivity contribution in [1.82, 2.24) is 4.57 Å². The second-order valence-corrected chi connectivity index (χ2v) is 17.7. The quantitative estimate of drug-likeness (QED) is 0.129. The van der Waals surface area contributed by atoms with E-state index >= 15 is 0 Å². The highest BCUT2D eigenvalue weighted by atomic mass is 16.5. The van der Waals surface area contributed by atoms with Crippen LogP contribution in [0.1, 0.15) is 31.9 Å². The molecule has 0 saturated carbocycles. The van der Waals surface area contributed by atoms with Gasteiger partial charge in [-0.15, -0.1) is 0 Å². The van der Waals surface area contributed by atoms with Gasteiger partial charge in [-0.2, -0.15) is 0 Å². The Bertz CT molecular complexity index is 3470. The molecule has 0 saturated heterocycles. The van der Waals surface area contributed by atoms with Crippen molar-refractivity contribution in [1.29, 1.82) is 0 Å². The fourth-order valence-electron chi connectivity index (χ4n) is 10.9. The van der Waals surface area contributed by atoms with E-state index in [-0.39, 0.29) is 12.1 Å². The van der Waals surface area contributed by atoms with Crippen molar-refractivity contribution >= 4 is 83.5 Å². The van der Waals surface area contributed by atoms with Crippen molar-refractivity contribution in [2.75, 3.05) is 4.90 Å². The first-order valence-electron chi connectivity index (χ1n) is 20.8. The fraction of sp³-hybridized carbons (Fsp3) is 0.0909. The number of rotatable bonds is 2. The van der Waals surface area contributed by atoms with E-state index in [1.807, 2.05) is 0 Å². The molecule has 278 valence electrons. The van der Waals surface area contributed by atoms with Gasteiger partial charge in [-0.25, -0.2) is 0 Å². The van der Waals surface area contributed by atoms with Gasteiger partial charge in [0, 0.05) is 27.5 Å². The molecule has 0 radical (unpaired) electrons. The minimum Gasteiger partial charge on any atom is -0.453 e. The second kappa shape index (κ2) is 11.5. The molecule has 10 aromatic rings. The van der Waals surface area contributed by atoms with Crippen LogP contribution in [0.2, 0.25) is 0 Å². The average molecular weight is 755 g/mol. The van der Waals surface area contributed by atoms with Gasteiger partial charge in [-0.05, 0) is 115 Å². The topological polar surface area (TPSA) is 17.4 Å². The lowest BCUT2D eigenvalue weighted by atomic mass is 9.33. The molecule has 0 spiro atoms. The number of nitrogens with zero attached hydrogens (tertiary/aromatic N) is 2. The molecule has 3 aliphatic heterocycles. The van der Waals surface area contributed by atoms with Gasteiger partial charge in [-0.3, -0.25) is 0 Å². The standard InChI is InChI=1S/C55H39BN2O/c1-32-28-44-52-45(29-32)58-43-30-35(55(2,3)4)26-27-38(43)51-50-39(48(33-16-7-5-8-17-33)36-20-11-12-21-37(36)49(50)34-18-9-6-10-19-34)31-41(54(51)58)56(52)40-22-15-25-47-53(40)57(44)42-23-13-14-24-46(42)59-47/h5-31H,1-4H3. The number of fused-ring (bicyclic) bond motifs is 12. The molecule has 9 aromatic carbocycles. The normalized spacial score (nSPS) is 13.5. The zero-order valence-electron chi connectivity index (χ0n) is 33.5. The van der Waals surface area contributed by atoms with Gasteiger partial charge in [0.05, 0.1) is 22.4 Å². The highest BCUT2D eigenvalue weighted by Crippen LogP contribution is 2.54. The molecule has 13 rings (SSSR count). The van der Waals surface area contributed by atoms with Crippen LogP contribution in [0.4, 0.5) is 17.1 Å². The van der Waals surface area contributed by atoms with Gasteiger partial charge in [0.25, 0.3) is 6.71 Å². The molecule has 0 aliphatic carbocycles. The molecule has 4 heteroatoms. The Hall–Kier alpha value is -7.04. The zero-order valence-corrected chi connectivity index (χ0v) is 33.5. The van der Waals surface area contributed by atoms with Crippen LogP contribution < -0.4 is 26.0 Å². The summed E-state index contributed by atoms with van der Waals surface area (Å²) in [5.41, 5.74) is 18.7. The Labute approximate surface area is 343 Å². The van der Waals surface area contributed by atoms with E-state index in [1.165, 1.54) is 104 Å². The predicted octanol–water partition coefficient (Wildman–Crippen LogP) is 12.7. The third-order valence-corrected chi connectivity index (χ3v) is 13.3. The largest absolute Gasteiger partial charge is 0.453 e. The maximum absolute atomic E-state index is 6.76. The Morgan fingerprint density at radius 3 is 1.93 bits per heavy atom. The third kappa shape index (κ3) is 4.33. The summed E-state index contributed by atoms with van der Waals surface area (Å²) in [7, 11) is 0. The highest BCUT2D eigenvalue weighted by molar-refractivity contribution is 7.00. The third-order valence-electron chi connectivity index (χ3n) is 13.3. The van der Waals surface area contributed by atoms with Crippen molar-refractivity contribution in [3.8, 4) is 39.4 Å². The minimum absolute atomic E-state index is 0.0262. The maximum Gasteiger partial charge on any atom is 0.252 e. The molecule has 3 nitrogen and oxygen atoms in total. The van der Waals surface area contributed by atoms with Crippen LogP contribution in [0.15, 0.2) is 164 Å². The smallest absolute Gasteiger partial charge is 0.252 e. The number of para-hydroxylation sites is 3. The molecule has 0 bridgehead atoms. The lowest BCUT2D eigenvalue weighted by molar-refractivity contribution is 0.477. The number of hydrogen-bond acceptors (Lipinski definition) is 2. The molecular weight excluding hydrogens is 715 g/mol. The summed E-state index contributed by atoms with van der Waals surface area (Å²) >= 11 is 0. The lowest BCUT2D eigenvalue weighted by Crippen LogP contribution is -2.60. The number of anilines is 3. The molecule has 0 fully saturated rings. The van der Waals surface area contributed by atoms with Crippen LogP contribution in [0.5, 0.6) is 11.5 Å². The van der Waals surface area contributed by atoms with E-state index in [1.54, 1.807) is 0 Å². The van der Waals surface area contributed by atoms with E-state index in [9.17, 15) is 0 Å². The summed E-state index contributed by atoms with van der Waals surface area (Å²) in [4.78, 5) is 2.48. The summed E-state index contributed by atoms with van der Waals surface area (Å²) in [6, 6.07) is 61.1. The molecule has 4 heterocycles. The molecular formula is C55H39BN2O. The first-order valence-corrected chi connectivity index (χ1v) is 20.8. The van der Waals surface area contributed by atoms with Crippen LogP contribution in [-0.4, -0.2) is 11.3 Å². The Kier molecular flexibility index (Phi) is 6.46. The molecule has 3 aliphatic rings. The number of benzene rings is 9. The molecule has 0 atom stereocenters. The molecule has 1 aromatic heterocycles.